The first kappa shape index (κ1) is 13.1. The van der Waals surface area contributed by atoms with Crippen molar-refractivity contribution in [1.82, 2.24) is 5.06 Å². The SMILES string of the molecule is CCCCc1ccc2c3c(cccc13)C(O)N(O)C2=O. The molecule has 4 nitrogen and oxygen atoms in total. The lowest BCUT2D eigenvalue weighted by Crippen LogP contribution is -2.35. The molecule has 2 aromatic carbocycles. The number of aryl methyl sites for hydroxylation is 1. The number of carbonyl (C=O) groups is 1. The summed E-state index contributed by atoms with van der Waals surface area (Å²) in [5.74, 6) is -0.553. The highest BCUT2D eigenvalue weighted by Gasteiger charge is 2.32. The fourth-order valence-corrected chi connectivity index (χ4v) is 2.84. The molecule has 1 unspecified atom stereocenters. The number of carbonyl (C=O) groups excluding carboxylic acids is 1. The zero-order valence-corrected chi connectivity index (χ0v) is 11.3. The maximum Gasteiger partial charge on any atom is 0.280 e. The summed E-state index contributed by atoms with van der Waals surface area (Å²) in [5.41, 5.74) is 2.21. The second-order valence-corrected chi connectivity index (χ2v) is 5.17. The van der Waals surface area contributed by atoms with E-state index in [-0.39, 0.29) is 0 Å². The summed E-state index contributed by atoms with van der Waals surface area (Å²) >= 11 is 0. The molecule has 104 valence electrons. The Labute approximate surface area is 117 Å². The maximum absolute atomic E-state index is 12.1. The zero-order valence-electron chi connectivity index (χ0n) is 11.3. The number of aliphatic hydroxyl groups is 1. The van der Waals surface area contributed by atoms with Crippen molar-refractivity contribution in [2.75, 3.05) is 0 Å². The number of nitrogens with zero attached hydrogens (tertiary/aromatic N) is 1. The fraction of sp³-hybridized carbons (Fsp3) is 0.312. The normalized spacial score (nSPS) is 17.9. The van der Waals surface area contributed by atoms with Crippen molar-refractivity contribution in [3.8, 4) is 0 Å². The highest BCUT2D eigenvalue weighted by atomic mass is 16.5. The van der Waals surface area contributed by atoms with Gasteiger partial charge in [-0.05, 0) is 29.9 Å². The Hall–Kier alpha value is -1.91. The number of hydrogen-bond acceptors (Lipinski definition) is 3. The molecular formula is C16H17NO3. The highest BCUT2D eigenvalue weighted by Crippen LogP contribution is 2.36. The molecule has 1 heterocycles. The molecule has 0 bridgehead atoms. The summed E-state index contributed by atoms with van der Waals surface area (Å²) in [6, 6.07) is 9.26. The van der Waals surface area contributed by atoms with Gasteiger partial charge >= 0.3 is 0 Å². The third-order valence-corrected chi connectivity index (χ3v) is 3.91. The lowest BCUT2D eigenvalue weighted by Gasteiger charge is -2.29. The molecule has 0 saturated carbocycles. The molecule has 1 atom stereocenters. The third kappa shape index (κ3) is 1.80. The van der Waals surface area contributed by atoms with Crippen LogP contribution in [0.1, 0.15) is 47.5 Å². The first-order valence-electron chi connectivity index (χ1n) is 6.90. The summed E-state index contributed by atoms with van der Waals surface area (Å²) in [5, 5.41) is 21.9. The van der Waals surface area contributed by atoms with Crippen LogP contribution in [0.3, 0.4) is 0 Å². The first-order chi connectivity index (χ1) is 9.65. The number of unbranched alkanes of at least 4 members (excludes halogenated alkanes) is 1. The fourth-order valence-electron chi connectivity index (χ4n) is 2.84. The van der Waals surface area contributed by atoms with E-state index in [4.69, 9.17) is 0 Å². The Balaban J connectivity index is 2.26. The Morgan fingerprint density at radius 2 is 2.05 bits per heavy atom. The number of amides is 1. The van der Waals surface area contributed by atoms with E-state index in [1.165, 1.54) is 5.56 Å². The molecule has 20 heavy (non-hydrogen) atoms. The highest BCUT2D eigenvalue weighted by molar-refractivity contribution is 6.10. The first-order valence-corrected chi connectivity index (χ1v) is 6.90. The minimum Gasteiger partial charge on any atom is -0.367 e. The van der Waals surface area contributed by atoms with Crippen LogP contribution in [0.4, 0.5) is 0 Å². The third-order valence-electron chi connectivity index (χ3n) is 3.91. The van der Waals surface area contributed by atoms with Crippen molar-refractivity contribution in [3.05, 3.63) is 47.0 Å². The van der Waals surface area contributed by atoms with E-state index in [1.54, 1.807) is 12.1 Å². The smallest absolute Gasteiger partial charge is 0.280 e. The monoisotopic (exact) mass is 271 g/mol. The molecule has 0 fully saturated rings. The van der Waals surface area contributed by atoms with E-state index in [2.05, 4.69) is 6.92 Å². The average Bonchev–Trinajstić information content (AvgIpc) is 2.48. The summed E-state index contributed by atoms with van der Waals surface area (Å²) in [6.45, 7) is 2.14. The van der Waals surface area contributed by atoms with Crippen molar-refractivity contribution in [3.63, 3.8) is 0 Å². The summed E-state index contributed by atoms with van der Waals surface area (Å²) < 4.78 is 0. The second kappa shape index (κ2) is 4.89. The predicted octanol–water partition coefficient (Wildman–Crippen LogP) is 3.02. The van der Waals surface area contributed by atoms with Gasteiger partial charge in [-0.1, -0.05) is 37.6 Å². The van der Waals surface area contributed by atoms with Gasteiger partial charge in [0.25, 0.3) is 5.91 Å². The van der Waals surface area contributed by atoms with Crippen LogP contribution >= 0.6 is 0 Å². The quantitative estimate of drug-likeness (QED) is 0.843. The Morgan fingerprint density at radius 3 is 2.80 bits per heavy atom. The van der Waals surface area contributed by atoms with E-state index >= 15 is 0 Å². The van der Waals surface area contributed by atoms with Crippen LogP contribution in [0.25, 0.3) is 10.8 Å². The van der Waals surface area contributed by atoms with Gasteiger partial charge in [-0.25, -0.2) is 0 Å². The molecule has 0 radical (unpaired) electrons. The van der Waals surface area contributed by atoms with E-state index < -0.39 is 12.1 Å². The van der Waals surface area contributed by atoms with Crippen LogP contribution in [0.2, 0.25) is 0 Å². The number of rotatable bonds is 3. The Kier molecular flexibility index (Phi) is 3.20. The van der Waals surface area contributed by atoms with E-state index in [1.807, 2.05) is 18.2 Å². The van der Waals surface area contributed by atoms with Gasteiger partial charge in [0.05, 0.1) is 5.56 Å². The number of hydroxylamine groups is 2. The molecule has 1 aliphatic rings. The van der Waals surface area contributed by atoms with Crippen LogP contribution in [0.15, 0.2) is 30.3 Å². The topological polar surface area (TPSA) is 60.8 Å². The molecule has 0 aromatic heterocycles. The zero-order chi connectivity index (χ0) is 14.3. The molecule has 0 aliphatic carbocycles. The van der Waals surface area contributed by atoms with Crippen LogP contribution in [0, 0.1) is 0 Å². The van der Waals surface area contributed by atoms with Crippen molar-refractivity contribution < 1.29 is 15.1 Å². The summed E-state index contributed by atoms with van der Waals surface area (Å²) in [4.78, 5) is 12.1. The van der Waals surface area contributed by atoms with E-state index in [0.29, 0.717) is 16.2 Å². The molecule has 3 rings (SSSR count). The molecule has 2 aromatic rings. The number of aliphatic hydroxyl groups excluding tert-OH is 1. The van der Waals surface area contributed by atoms with Gasteiger partial charge in [-0.2, -0.15) is 5.06 Å². The van der Waals surface area contributed by atoms with Gasteiger partial charge in [-0.15, -0.1) is 0 Å². The van der Waals surface area contributed by atoms with Gasteiger partial charge in [0, 0.05) is 10.9 Å². The van der Waals surface area contributed by atoms with Crippen LogP contribution < -0.4 is 0 Å². The van der Waals surface area contributed by atoms with Crippen LogP contribution in [0.5, 0.6) is 0 Å². The van der Waals surface area contributed by atoms with Gasteiger partial charge < -0.3 is 5.11 Å². The van der Waals surface area contributed by atoms with Crippen LogP contribution in [-0.4, -0.2) is 21.3 Å². The van der Waals surface area contributed by atoms with Crippen molar-refractivity contribution in [2.45, 2.75) is 32.4 Å². The maximum atomic E-state index is 12.1. The standard InChI is InChI=1S/C16H17NO3/c1-2-3-5-10-8-9-13-14-11(10)6-4-7-12(14)15(18)17(20)16(13)19/h4,6-9,15,18,20H,2-3,5H2,1H3. The van der Waals surface area contributed by atoms with Crippen molar-refractivity contribution in [1.29, 1.82) is 0 Å². The Morgan fingerprint density at radius 1 is 1.25 bits per heavy atom. The van der Waals surface area contributed by atoms with E-state index in [9.17, 15) is 15.1 Å². The lowest BCUT2D eigenvalue weighted by molar-refractivity contribution is -0.161. The molecule has 0 saturated heterocycles. The second-order valence-electron chi connectivity index (χ2n) is 5.17. The van der Waals surface area contributed by atoms with Crippen molar-refractivity contribution in [2.24, 2.45) is 0 Å². The summed E-state index contributed by atoms with van der Waals surface area (Å²) in [6.07, 6.45) is 1.85. The van der Waals surface area contributed by atoms with Gasteiger partial charge in [0.2, 0.25) is 0 Å². The Bertz CT molecular complexity index is 681. The average molecular weight is 271 g/mol. The molecular weight excluding hydrogens is 254 g/mol. The minimum atomic E-state index is -1.29. The van der Waals surface area contributed by atoms with Crippen LogP contribution in [-0.2, 0) is 6.42 Å². The lowest BCUT2D eigenvalue weighted by atomic mass is 9.90. The largest absolute Gasteiger partial charge is 0.367 e. The molecule has 4 heteroatoms. The van der Waals surface area contributed by atoms with Gasteiger partial charge in [0.1, 0.15) is 0 Å². The number of benzene rings is 2. The van der Waals surface area contributed by atoms with Crippen molar-refractivity contribution >= 4 is 16.7 Å². The van der Waals surface area contributed by atoms with E-state index in [0.717, 1.165) is 30.0 Å². The molecule has 1 amide bonds. The molecule has 1 aliphatic heterocycles. The summed E-state index contributed by atoms with van der Waals surface area (Å²) in [7, 11) is 0. The minimum absolute atomic E-state index is 0.392. The number of hydrogen-bond donors (Lipinski definition) is 2. The molecule has 0 spiro atoms. The van der Waals surface area contributed by atoms with Gasteiger partial charge in [-0.3, -0.25) is 10.0 Å². The van der Waals surface area contributed by atoms with Gasteiger partial charge in [0.15, 0.2) is 6.23 Å². The predicted molar refractivity (Wildman–Crippen MR) is 75.5 cm³/mol. The molecule has 2 N–H and O–H groups in total.